The maximum absolute atomic E-state index is 12.3. The van der Waals surface area contributed by atoms with Crippen LogP contribution in [0.1, 0.15) is 26.2 Å². The molecule has 6 heteroatoms. The topological polar surface area (TPSA) is 70.7 Å². The molecule has 108 valence electrons. The summed E-state index contributed by atoms with van der Waals surface area (Å²) in [7, 11) is 0. The molecule has 19 heavy (non-hydrogen) atoms. The average molecular weight is 269 g/mol. The van der Waals surface area contributed by atoms with Gasteiger partial charge in [0.2, 0.25) is 11.8 Å². The summed E-state index contributed by atoms with van der Waals surface area (Å²) in [4.78, 5) is 25.7. The summed E-state index contributed by atoms with van der Waals surface area (Å²) < 4.78 is 5.57. The lowest BCUT2D eigenvalue weighted by Gasteiger charge is -2.34. The Labute approximate surface area is 113 Å². The van der Waals surface area contributed by atoms with Crippen LogP contribution in [0.25, 0.3) is 0 Å². The maximum Gasteiger partial charge on any atom is 0.240 e. The quantitative estimate of drug-likeness (QED) is 0.705. The van der Waals surface area contributed by atoms with Crippen LogP contribution in [-0.2, 0) is 14.3 Å². The van der Waals surface area contributed by atoms with Gasteiger partial charge < -0.3 is 20.3 Å². The molecule has 0 radical (unpaired) electrons. The average Bonchev–Trinajstić information content (AvgIpc) is 2.87. The molecule has 0 aliphatic carbocycles. The highest BCUT2D eigenvalue weighted by atomic mass is 16.5. The van der Waals surface area contributed by atoms with E-state index in [1.54, 1.807) is 0 Å². The monoisotopic (exact) mass is 269 g/mol. The number of carbonyl (C=O) groups excluding carboxylic acids is 2. The third-order valence-corrected chi connectivity index (χ3v) is 3.59. The summed E-state index contributed by atoms with van der Waals surface area (Å²) >= 11 is 0. The molecule has 0 bridgehead atoms. The lowest BCUT2D eigenvalue weighted by atomic mass is 10.1. The Balaban J connectivity index is 1.84. The van der Waals surface area contributed by atoms with E-state index >= 15 is 0 Å². The second-order valence-corrected chi connectivity index (χ2v) is 5.08. The Morgan fingerprint density at radius 2 is 2.42 bits per heavy atom. The van der Waals surface area contributed by atoms with Crippen molar-refractivity contribution in [2.45, 2.75) is 38.3 Å². The largest absolute Gasteiger partial charge is 0.376 e. The van der Waals surface area contributed by atoms with E-state index in [1.165, 1.54) is 0 Å². The first-order valence-electron chi connectivity index (χ1n) is 7.11. The molecule has 2 unspecified atom stereocenters. The SMILES string of the molecule is CCNC(=O)CC1NCCN(CC2CCCO2)C1=O. The predicted octanol–water partition coefficient (Wildman–Crippen LogP) is -0.508. The molecule has 0 saturated carbocycles. The number of hydrogen-bond donors (Lipinski definition) is 2. The number of nitrogens with one attached hydrogen (secondary N) is 2. The van der Waals surface area contributed by atoms with Gasteiger partial charge in [0.25, 0.3) is 0 Å². The van der Waals surface area contributed by atoms with Gasteiger partial charge in [-0.15, -0.1) is 0 Å². The van der Waals surface area contributed by atoms with Crippen molar-refractivity contribution in [1.29, 1.82) is 0 Å². The van der Waals surface area contributed by atoms with Crippen molar-refractivity contribution in [3.63, 3.8) is 0 Å². The van der Waals surface area contributed by atoms with Crippen LogP contribution in [0.4, 0.5) is 0 Å². The standard InChI is InChI=1S/C13H23N3O3/c1-2-14-12(17)8-11-13(18)16(6-5-15-11)9-10-4-3-7-19-10/h10-11,15H,2-9H2,1H3,(H,14,17). The maximum atomic E-state index is 12.3. The van der Waals surface area contributed by atoms with E-state index in [4.69, 9.17) is 4.74 Å². The molecule has 2 fully saturated rings. The van der Waals surface area contributed by atoms with Crippen molar-refractivity contribution in [1.82, 2.24) is 15.5 Å². The molecule has 0 aromatic heterocycles. The fraction of sp³-hybridized carbons (Fsp3) is 0.846. The van der Waals surface area contributed by atoms with Gasteiger partial charge >= 0.3 is 0 Å². The normalized spacial score (nSPS) is 27.6. The minimum Gasteiger partial charge on any atom is -0.376 e. The summed E-state index contributed by atoms with van der Waals surface area (Å²) in [5, 5.41) is 5.85. The first kappa shape index (κ1) is 14.3. The van der Waals surface area contributed by atoms with E-state index in [0.29, 0.717) is 19.6 Å². The molecule has 2 aliphatic heterocycles. The van der Waals surface area contributed by atoms with Crippen molar-refractivity contribution < 1.29 is 14.3 Å². The fourth-order valence-corrected chi connectivity index (χ4v) is 2.62. The predicted molar refractivity (Wildman–Crippen MR) is 70.6 cm³/mol. The van der Waals surface area contributed by atoms with Gasteiger partial charge in [0, 0.05) is 32.8 Å². The summed E-state index contributed by atoms with van der Waals surface area (Å²) in [6.07, 6.45) is 2.49. The van der Waals surface area contributed by atoms with Crippen molar-refractivity contribution in [3.05, 3.63) is 0 Å². The summed E-state index contributed by atoms with van der Waals surface area (Å²) in [5.74, 6) is -0.0553. The van der Waals surface area contributed by atoms with Gasteiger partial charge in [0.15, 0.2) is 0 Å². The molecule has 0 aromatic rings. The van der Waals surface area contributed by atoms with Crippen LogP contribution in [0.15, 0.2) is 0 Å². The lowest BCUT2D eigenvalue weighted by molar-refractivity contribution is -0.139. The molecular weight excluding hydrogens is 246 g/mol. The number of carbonyl (C=O) groups is 2. The number of rotatable bonds is 5. The fourth-order valence-electron chi connectivity index (χ4n) is 2.62. The zero-order valence-electron chi connectivity index (χ0n) is 11.5. The van der Waals surface area contributed by atoms with Gasteiger partial charge in [-0.05, 0) is 19.8 Å². The third kappa shape index (κ3) is 3.91. The van der Waals surface area contributed by atoms with Crippen LogP contribution in [0.5, 0.6) is 0 Å². The van der Waals surface area contributed by atoms with Crippen LogP contribution in [0.3, 0.4) is 0 Å². The minimum absolute atomic E-state index is 0.0213. The van der Waals surface area contributed by atoms with Gasteiger partial charge in [-0.2, -0.15) is 0 Å². The lowest BCUT2D eigenvalue weighted by Crippen LogP contribution is -2.57. The van der Waals surface area contributed by atoms with E-state index in [0.717, 1.165) is 26.0 Å². The Morgan fingerprint density at radius 3 is 3.11 bits per heavy atom. The molecule has 2 aliphatic rings. The van der Waals surface area contributed by atoms with E-state index in [9.17, 15) is 9.59 Å². The number of ether oxygens (including phenoxy) is 1. The zero-order valence-corrected chi connectivity index (χ0v) is 11.5. The van der Waals surface area contributed by atoms with Crippen LogP contribution in [0.2, 0.25) is 0 Å². The summed E-state index contributed by atoms with van der Waals surface area (Å²) in [5.41, 5.74) is 0. The Kier molecular flexibility index (Phi) is 5.15. The van der Waals surface area contributed by atoms with E-state index in [-0.39, 0.29) is 30.4 Å². The highest BCUT2D eigenvalue weighted by Gasteiger charge is 2.32. The number of hydrogen-bond acceptors (Lipinski definition) is 4. The van der Waals surface area contributed by atoms with Crippen LogP contribution in [-0.4, -0.2) is 61.6 Å². The first-order valence-corrected chi connectivity index (χ1v) is 7.11. The highest BCUT2D eigenvalue weighted by Crippen LogP contribution is 2.15. The molecule has 2 amide bonds. The smallest absolute Gasteiger partial charge is 0.240 e. The van der Waals surface area contributed by atoms with Crippen LogP contribution >= 0.6 is 0 Å². The van der Waals surface area contributed by atoms with Gasteiger partial charge in [-0.25, -0.2) is 0 Å². The molecule has 2 N–H and O–H groups in total. The Bertz CT molecular complexity index is 329. The second-order valence-electron chi connectivity index (χ2n) is 5.08. The van der Waals surface area contributed by atoms with Gasteiger partial charge in [-0.1, -0.05) is 0 Å². The molecule has 2 saturated heterocycles. The number of piperazine rings is 1. The molecule has 0 spiro atoms. The first-order chi connectivity index (χ1) is 9.20. The molecule has 6 nitrogen and oxygen atoms in total. The van der Waals surface area contributed by atoms with Crippen molar-refractivity contribution in [2.24, 2.45) is 0 Å². The van der Waals surface area contributed by atoms with E-state index in [2.05, 4.69) is 10.6 Å². The number of amides is 2. The molecule has 2 heterocycles. The van der Waals surface area contributed by atoms with Crippen LogP contribution in [0, 0.1) is 0 Å². The molecule has 2 rings (SSSR count). The third-order valence-electron chi connectivity index (χ3n) is 3.59. The zero-order chi connectivity index (χ0) is 13.7. The van der Waals surface area contributed by atoms with Gasteiger partial charge in [0.1, 0.15) is 0 Å². The Morgan fingerprint density at radius 1 is 1.58 bits per heavy atom. The van der Waals surface area contributed by atoms with Gasteiger partial charge in [0.05, 0.1) is 18.6 Å². The summed E-state index contributed by atoms with van der Waals surface area (Å²) in [6.45, 7) is 5.37. The van der Waals surface area contributed by atoms with Crippen molar-refractivity contribution >= 4 is 11.8 Å². The molecular formula is C13H23N3O3. The molecule has 2 atom stereocenters. The highest BCUT2D eigenvalue weighted by molar-refractivity contribution is 5.88. The van der Waals surface area contributed by atoms with Crippen molar-refractivity contribution in [2.75, 3.05) is 32.8 Å². The van der Waals surface area contributed by atoms with Crippen molar-refractivity contribution in [3.8, 4) is 0 Å². The number of nitrogens with zero attached hydrogens (tertiary/aromatic N) is 1. The summed E-state index contributed by atoms with van der Waals surface area (Å²) in [6, 6.07) is -0.387. The molecule has 0 aromatic carbocycles. The van der Waals surface area contributed by atoms with E-state index in [1.807, 2.05) is 11.8 Å². The van der Waals surface area contributed by atoms with Crippen LogP contribution < -0.4 is 10.6 Å². The minimum atomic E-state index is -0.387. The Hall–Kier alpha value is -1.14. The van der Waals surface area contributed by atoms with E-state index < -0.39 is 0 Å². The van der Waals surface area contributed by atoms with Gasteiger partial charge in [-0.3, -0.25) is 9.59 Å². The second kappa shape index (κ2) is 6.86.